The summed E-state index contributed by atoms with van der Waals surface area (Å²) in [5.74, 6) is 0.500. The van der Waals surface area contributed by atoms with E-state index in [4.69, 9.17) is 14.8 Å². The van der Waals surface area contributed by atoms with Gasteiger partial charge in [0.1, 0.15) is 12.4 Å². The van der Waals surface area contributed by atoms with Gasteiger partial charge in [0.15, 0.2) is 5.60 Å². The molecule has 0 saturated carbocycles. The van der Waals surface area contributed by atoms with Crippen molar-refractivity contribution < 1.29 is 24.1 Å². The number of aliphatic hydroxyl groups excluding tert-OH is 1. The zero-order valence-electron chi connectivity index (χ0n) is 22.3. The van der Waals surface area contributed by atoms with E-state index in [0.29, 0.717) is 34.8 Å². The van der Waals surface area contributed by atoms with Crippen molar-refractivity contribution in [1.29, 1.82) is 0 Å². The lowest BCUT2D eigenvalue weighted by Gasteiger charge is -2.35. The first-order valence-electron chi connectivity index (χ1n) is 13.4. The summed E-state index contributed by atoms with van der Waals surface area (Å²) in [6.45, 7) is 4.58. The Morgan fingerprint density at radius 3 is 2.79 bits per heavy atom. The maximum atomic E-state index is 15.1. The van der Waals surface area contributed by atoms with Gasteiger partial charge in [-0.2, -0.15) is 11.8 Å². The van der Waals surface area contributed by atoms with Gasteiger partial charge < -0.3 is 19.5 Å². The largest absolute Gasteiger partial charge is 0.458 e. The van der Waals surface area contributed by atoms with Gasteiger partial charge in [0.05, 0.1) is 35.6 Å². The number of hydrogen-bond donors (Lipinski definition) is 2. The lowest BCUT2D eigenvalue weighted by molar-refractivity contribution is -0.172. The number of fused-ring (bicyclic) bond motifs is 5. The highest BCUT2D eigenvalue weighted by Crippen LogP contribution is 2.47. The fourth-order valence-corrected chi connectivity index (χ4v) is 7.25. The average molecular weight is 554 g/mol. The van der Waals surface area contributed by atoms with E-state index in [2.05, 4.69) is 11.9 Å². The third-order valence-corrected chi connectivity index (χ3v) is 9.65. The van der Waals surface area contributed by atoms with Crippen LogP contribution in [0.4, 0.5) is 4.39 Å². The number of ether oxygens (including phenoxy) is 1. The molecule has 6 rings (SSSR count). The van der Waals surface area contributed by atoms with Crippen LogP contribution in [0.25, 0.3) is 22.3 Å². The smallest absolute Gasteiger partial charge is 0.343 e. The normalized spacial score (nSPS) is 21.2. The van der Waals surface area contributed by atoms with E-state index in [-0.39, 0.29) is 48.2 Å². The van der Waals surface area contributed by atoms with Crippen LogP contribution in [0, 0.1) is 12.7 Å². The van der Waals surface area contributed by atoms with Crippen LogP contribution < -0.4 is 5.56 Å². The second-order valence-electron chi connectivity index (χ2n) is 10.7. The van der Waals surface area contributed by atoms with Crippen molar-refractivity contribution in [3.8, 4) is 11.4 Å². The van der Waals surface area contributed by atoms with Crippen LogP contribution in [-0.4, -0.2) is 62.3 Å². The number of aliphatic hydroxyl groups is 2. The van der Waals surface area contributed by atoms with Gasteiger partial charge >= 0.3 is 5.97 Å². The summed E-state index contributed by atoms with van der Waals surface area (Å²) in [5.41, 5.74) is 3.64. The number of aryl methyl sites for hydroxylation is 1. The van der Waals surface area contributed by atoms with E-state index in [1.807, 2.05) is 6.92 Å². The van der Waals surface area contributed by atoms with Gasteiger partial charge in [0.25, 0.3) is 5.56 Å². The molecule has 10 heteroatoms. The molecule has 2 N–H and O–H groups in total. The van der Waals surface area contributed by atoms with Gasteiger partial charge in [-0.05, 0) is 56.0 Å². The molecule has 3 aromatic rings. The van der Waals surface area contributed by atoms with Crippen LogP contribution in [-0.2, 0) is 34.7 Å². The number of aromatic nitrogens is 2. The van der Waals surface area contributed by atoms with Crippen LogP contribution >= 0.6 is 11.8 Å². The maximum Gasteiger partial charge on any atom is 0.343 e. The first kappa shape index (κ1) is 26.4. The zero-order chi connectivity index (χ0) is 27.6. The first-order chi connectivity index (χ1) is 18.7. The van der Waals surface area contributed by atoms with Crippen molar-refractivity contribution in [2.45, 2.75) is 57.9 Å². The van der Waals surface area contributed by atoms with E-state index in [0.717, 1.165) is 47.2 Å². The highest BCUT2D eigenvalue weighted by atomic mass is 32.2. The van der Waals surface area contributed by atoms with E-state index in [1.54, 1.807) is 29.3 Å². The predicted molar refractivity (Wildman–Crippen MR) is 147 cm³/mol. The molecule has 39 heavy (non-hydrogen) atoms. The van der Waals surface area contributed by atoms with Gasteiger partial charge in [0.2, 0.25) is 0 Å². The number of nitrogens with zero attached hydrogens (tertiary/aromatic N) is 3. The minimum atomic E-state index is -1.90. The molecule has 2 atom stereocenters. The molecule has 8 nitrogen and oxygen atoms in total. The highest BCUT2D eigenvalue weighted by molar-refractivity contribution is 7.99. The summed E-state index contributed by atoms with van der Waals surface area (Å²) in [6.07, 6.45) is 1.61. The Labute approximate surface area is 229 Å². The molecule has 0 bridgehead atoms. The summed E-state index contributed by atoms with van der Waals surface area (Å²) in [5, 5.41) is 21.3. The average Bonchev–Trinajstić information content (AvgIpc) is 3.30. The Hall–Kier alpha value is -2.79. The van der Waals surface area contributed by atoms with Crippen LogP contribution in [0.5, 0.6) is 0 Å². The number of thioether (sulfide) groups is 1. The van der Waals surface area contributed by atoms with Crippen LogP contribution in [0.15, 0.2) is 16.9 Å². The van der Waals surface area contributed by atoms with Crippen LogP contribution in [0.3, 0.4) is 0 Å². The molecular weight excluding hydrogens is 521 g/mol. The topological polar surface area (TPSA) is 105 Å². The Balaban J connectivity index is 1.57. The molecule has 0 fully saturated rings. The van der Waals surface area contributed by atoms with Crippen molar-refractivity contribution in [2.75, 3.05) is 31.7 Å². The second kappa shape index (κ2) is 9.69. The lowest BCUT2D eigenvalue weighted by atomic mass is 9.81. The Bertz CT molecular complexity index is 1590. The van der Waals surface area contributed by atoms with Gasteiger partial charge in [-0.15, -0.1) is 0 Å². The van der Waals surface area contributed by atoms with Crippen LogP contribution in [0.2, 0.25) is 0 Å². The molecule has 0 spiro atoms. The molecule has 206 valence electrons. The summed E-state index contributed by atoms with van der Waals surface area (Å²) in [6, 6.07) is 3.24. The molecule has 2 aromatic heterocycles. The van der Waals surface area contributed by atoms with Crippen molar-refractivity contribution in [2.24, 2.45) is 0 Å². The molecule has 0 radical (unpaired) electrons. The SMILES string of the molecule is CC[C@@]1(O)C(=O)OCc2c1cc1n(c2=O)Cc2c-1nc1cc(F)c(C)c3c1c2[C@@H](N(C)CCSCCO)CC3. The molecule has 0 amide bonds. The zero-order valence-corrected chi connectivity index (χ0v) is 23.2. The van der Waals surface area contributed by atoms with Gasteiger partial charge in [0, 0.05) is 46.7 Å². The minimum absolute atomic E-state index is 0.0495. The van der Waals surface area contributed by atoms with Gasteiger partial charge in [-0.3, -0.25) is 9.69 Å². The third kappa shape index (κ3) is 3.87. The number of esters is 1. The summed E-state index contributed by atoms with van der Waals surface area (Å²) in [7, 11) is 2.08. The Kier molecular flexibility index (Phi) is 6.57. The fourth-order valence-electron chi connectivity index (χ4n) is 6.50. The van der Waals surface area contributed by atoms with E-state index in [1.165, 1.54) is 6.07 Å². The van der Waals surface area contributed by atoms with E-state index in [9.17, 15) is 14.7 Å². The van der Waals surface area contributed by atoms with Crippen molar-refractivity contribution >= 4 is 28.6 Å². The summed E-state index contributed by atoms with van der Waals surface area (Å²) < 4.78 is 21.9. The molecule has 2 aliphatic heterocycles. The first-order valence-corrected chi connectivity index (χ1v) is 14.6. The number of rotatable bonds is 7. The molecule has 0 saturated heterocycles. The highest BCUT2D eigenvalue weighted by Gasteiger charge is 2.46. The van der Waals surface area contributed by atoms with Crippen molar-refractivity contribution in [3.63, 3.8) is 0 Å². The predicted octanol–water partition coefficient (Wildman–Crippen LogP) is 3.17. The third-order valence-electron chi connectivity index (χ3n) is 8.70. The standard InChI is InChI=1S/C29H32FN3O5S/c1-4-29(37)19-11-23-26-17(13-33(23)27(35)18(19)14-38-28(29)36)25-22(32(3)7-9-39-10-8-34)6-5-16-15(2)20(30)12-21(31-26)24(16)25/h11-12,22,34,37H,4-10,13-14H2,1-3H3/t22-,29-/m0/s1. The number of hydrogen-bond acceptors (Lipinski definition) is 8. The van der Waals surface area contributed by atoms with Crippen molar-refractivity contribution in [1.82, 2.24) is 14.5 Å². The van der Waals surface area contributed by atoms with Crippen LogP contribution in [0.1, 0.15) is 59.2 Å². The fraction of sp³-hybridized carbons (Fsp3) is 0.483. The number of halogens is 1. The quantitative estimate of drug-likeness (QED) is 0.266. The lowest BCUT2D eigenvalue weighted by Crippen LogP contribution is -2.44. The molecule has 0 unspecified atom stereocenters. The summed E-state index contributed by atoms with van der Waals surface area (Å²) in [4.78, 5) is 33.5. The molecule has 1 aromatic carbocycles. The van der Waals surface area contributed by atoms with E-state index >= 15 is 4.39 Å². The van der Waals surface area contributed by atoms with Gasteiger partial charge in [-0.25, -0.2) is 14.2 Å². The van der Waals surface area contributed by atoms with Gasteiger partial charge in [-0.1, -0.05) is 6.92 Å². The number of cyclic esters (lactones) is 1. The minimum Gasteiger partial charge on any atom is -0.458 e. The molecule has 3 aliphatic rings. The van der Waals surface area contributed by atoms with Crippen molar-refractivity contribution in [3.05, 3.63) is 61.7 Å². The van der Waals surface area contributed by atoms with E-state index < -0.39 is 11.6 Å². The number of benzene rings is 1. The Morgan fingerprint density at radius 1 is 1.26 bits per heavy atom. The second-order valence-corrected chi connectivity index (χ2v) is 11.9. The number of carbonyl (C=O) groups is 1. The molecule has 1 aliphatic carbocycles. The maximum absolute atomic E-state index is 15.1. The molecular formula is C29H32FN3O5S. The number of carbonyl (C=O) groups excluding carboxylic acids is 1. The Morgan fingerprint density at radius 2 is 2.05 bits per heavy atom. The number of pyridine rings is 2. The molecule has 4 heterocycles. The monoisotopic (exact) mass is 553 g/mol. The summed E-state index contributed by atoms with van der Waals surface area (Å²) >= 11 is 1.70.